The Bertz CT molecular complexity index is 1850. The molecule has 1 aliphatic rings. The molecule has 0 saturated heterocycles. The second-order valence-electron chi connectivity index (χ2n) is 11.9. The van der Waals surface area contributed by atoms with E-state index in [-0.39, 0.29) is 30.9 Å². The summed E-state index contributed by atoms with van der Waals surface area (Å²) in [5, 5.41) is 4.08. The quantitative estimate of drug-likeness (QED) is 0.157. The van der Waals surface area contributed by atoms with Crippen LogP contribution in [0.2, 0.25) is 0 Å². The maximum Gasteiger partial charge on any atom is 0.338 e. The molecule has 3 aromatic carbocycles. The van der Waals surface area contributed by atoms with Crippen LogP contribution < -0.4 is 5.32 Å². The third kappa shape index (κ3) is 6.42. The minimum Gasteiger partial charge on any atom is -0.464 e. The van der Waals surface area contributed by atoms with Gasteiger partial charge in [-0.1, -0.05) is 60.2 Å². The Kier molecular flexibility index (Phi) is 8.34. The zero-order valence-corrected chi connectivity index (χ0v) is 26.3. The van der Waals surface area contributed by atoms with Crippen LogP contribution in [0.25, 0.3) is 11.0 Å². The molecule has 0 spiro atoms. The molecule has 1 amide bonds. The maximum atomic E-state index is 13.5. The molecule has 1 saturated carbocycles. The van der Waals surface area contributed by atoms with Gasteiger partial charge in [0.15, 0.2) is 23.4 Å². The molecule has 2 heterocycles. The number of hydrogen-bond donors (Lipinski definition) is 1. The summed E-state index contributed by atoms with van der Waals surface area (Å²) in [4.78, 5) is 30.7. The van der Waals surface area contributed by atoms with E-state index in [0.29, 0.717) is 41.5 Å². The highest BCUT2D eigenvalue weighted by Crippen LogP contribution is 2.47. The lowest BCUT2D eigenvalue weighted by Crippen LogP contribution is -2.31. The van der Waals surface area contributed by atoms with Crippen molar-refractivity contribution in [1.29, 1.82) is 0 Å². The number of carbonyl (C=O) groups excluding carboxylic acids is 2. The van der Waals surface area contributed by atoms with Gasteiger partial charge in [0.1, 0.15) is 11.3 Å². The number of rotatable bonds is 11. The number of amides is 1. The highest BCUT2D eigenvalue weighted by Gasteiger charge is 2.55. The first-order valence-corrected chi connectivity index (χ1v) is 15.4. The molecule has 6 rings (SSSR count). The number of oxazole rings is 1. The molecule has 1 fully saturated rings. The van der Waals surface area contributed by atoms with E-state index in [2.05, 4.69) is 42.3 Å². The molecule has 232 valence electrons. The number of fused-ring (bicyclic) bond motifs is 1. The summed E-state index contributed by atoms with van der Waals surface area (Å²) in [6, 6.07) is 23.6. The number of aromatic nitrogens is 1. The van der Waals surface area contributed by atoms with Crippen LogP contribution in [-0.2, 0) is 25.5 Å². The predicted molar refractivity (Wildman–Crippen MR) is 170 cm³/mol. The van der Waals surface area contributed by atoms with Crippen molar-refractivity contribution >= 4 is 22.8 Å². The number of carbonyl (C=O) groups is 2. The fourth-order valence-corrected chi connectivity index (χ4v) is 5.89. The highest BCUT2D eigenvalue weighted by molar-refractivity contribution is 5.84. The van der Waals surface area contributed by atoms with Gasteiger partial charge in [-0.25, -0.2) is 9.78 Å². The topological polar surface area (TPSA) is 104 Å². The van der Waals surface area contributed by atoms with Crippen molar-refractivity contribution in [2.24, 2.45) is 0 Å². The van der Waals surface area contributed by atoms with Crippen LogP contribution in [0.1, 0.15) is 82.8 Å². The van der Waals surface area contributed by atoms with Gasteiger partial charge < -0.3 is 23.6 Å². The lowest BCUT2D eigenvalue weighted by Gasteiger charge is -2.22. The first-order chi connectivity index (χ1) is 21.7. The predicted octanol–water partition coefficient (Wildman–Crippen LogP) is 7.30. The van der Waals surface area contributed by atoms with Crippen LogP contribution in [0.15, 0.2) is 81.6 Å². The number of aryl methyl sites for hydroxylation is 4. The van der Waals surface area contributed by atoms with Crippen molar-refractivity contribution in [1.82, 2.24) is 10.3 Å². The summed E-state index contributed by atoms with van der Waals surface area (Å²) in [5.41, 5.74) is 5.48. The second-order valence-corrected chi connectivity index (χ2v) is 11.9. The highest BCUT2D eigenvalue weighted by atomic mass is 16.6. The van der Waals surface area contributed by atoms with Crippen LogP contribution in [-0.4, -0.2) is 29.1 Å². The van der Waals surface area contributed by atoms with E-state index >= 15 is 0 Å². The Labute approximate surface area is 262 Å². The number of ether oxygens (including phenoxy) is 2. The summed E-state index contributed by atoms with van der Waals surface area (Å²) in [7, 11) is 0. The van der Waals surface area contributed by atoms with Gasteiger partial charge >= 0.3 is 5.97 Å². The number of esters is 1. The molecule has 0 radical (unpaired) electrons. The number of nitrogens with zero attached hydrogens (tertiary/aromatic N) is 1. The fourth-order valence-electron chi connectivity index (χ4n) is 5.89. The van der Waals surface area contributed by atoms with Crippen LogP contribution in [0.3, 0.4) is 0 Å². The van der Waals surface area contributed by atoms with E-state index < -0.39 is 11.7 Å². The molecule has 1 N–H and O–H groups in total. The summed E-state index contributed by atoms with van der Waals surface area (Å²) in [6.07, 6.45) is 0.513. The Morgan fingerprint density at radius 2 is 1.73 bits per heavy atom. The van der Waals surface area contributed by atoms with Gasteiger partial charge in [-0.15, -0.1) is 0 Å². The minimum atomic E-state index is -1.04. The Morgan fingerprint density at radius 3 is 2.40 bits per heavy atom. The molecule has 5 aromatic rings. The third-order valence-corrected chi connectivity index (χ3v) is 8.27. The van der Waals surface area contributed by atoms with Crippen LogP contribution in [0, 0.1) is 27.7 Å². The van der Waals surface area contributed by atoms with Crippen molar-refractivity contribution in [3.63, 3.8) is 0 Å². The van der Waals surface area contributed by atoms with Crippen molar-refractivity contribution in [2.75, 3.05) is 6.61 Å². The molecule has 2 atom stereocenters. The van der Waals surface area contributed by atoms with Gasteiger partial charge in [0.25, 0.3) is 0 Å². The van der Waals surface area contributed by atoms with Crippen molar-refractivity contribution in [3.8, 4) is 0 Å². The lowest BCUT2D eigenvalue weighted by atomic mass is 9.93. The van der Waals surface area contributed by atoms with E-state index in [1.54, 1.807) is 13.8 Å². The van der Waals surface area contributed by atoms with Crippen LogP contribution in [0.4, 0.5) is 0 Å². The zero-order valence-electron chi connectivity index (χ0n) is 26.3. The second kappa shape index (κ2) is 12.4. The molecular formula is C37H38N2O6. The van der Waals surface area contributed by atoms with E-state index in [9.17, 15) is 9.59 Å². The molecule has 45 heavy (non-hydrogen) atoms. The van der Waals surface area contributed by atoms with Crippen molar-refractivity contribution in [3.05, 3.63) is 124 Å². The minimum absolute atomic E-state index is 0.0917. The van der Waals surface area contributed by atoms with Crippen molar-refractivity contribution < 1.29 is 27.9 Å². The van der Waals surface area contributed by atoms with Gasteiger partial charge in [-0.05, 0) is 81.0 Å². The Balaban J connectivity index is 1.26. The van der Waals surface area contributed by atoms with E-state index in [1.807, 2.05) is 61.5 Å². The Hall–Kier alpha value is -4.69. The Morgan fingerprint density at radius 1 is 0.956 bits per heavy atom. The fraction of sp³-hybridized carbons (Fsp3) is 0.324. The number of furan rings is 1. The van der Waals surface area contributed by atoms with Gasteiger partial charge in [0, 0.05) is 12.3 Å². The molecule has 0 bridgehead atoms. The lowest BCUT2D eigenvalue weighted by molar-refractivity contribution is -0.164. The number of hydrogen-bond acceptors (Lipinski definition) is 7. The standard InChI is InChI=1S/C37H38N2O6/c1-6-42-36(41)37(16-17-37)45-35(34-24(4)38-25(5)43-34)31-21-28-19-26(13-15-30(28)44-31)20-32(40)39-33(27-10-8-7-9-11-27)29-14-12-22(2)18-23(29)3/h7-15,18-19,21,33,35H,6,16-17,20H2,1-5H3,(H,39,40)/t33-,35?/m0/s1. The normalized spacial score (nSPS) is 15.0. The first kappa shape index (κ1) is 30.3. The summed E-state index contributed by atoms with van der Waals surface area (Å²) >= 11 is 0. The summed E-state index contributed by atoms with van der Waals surface area (Å²) < 4.78 is 23.9. The van der Waals surface area contributed by atoms with Gasteiger partial charge in [0.05, 0.1) is 24.8 Å². The summed E-state index contributed by atoms with van der Waals surface area (Å²) in [6.45, 7) is 9.79. The van der Waals surface area contributed by atoms with Crippen LogP contribution >= 0.6 is 0 Å². The van der Waals surface area contributed by atoms with Crippen molar-refractivity contribution in [2.45, 2.75) is 71.6 Å². The molecular weight excluding hydrogens is 568 g/mol. The molecule has 0 aliphatic heterocycles. The zero-order chi connectivity index (χ0) is 31.7. The van der Waals surface area contributed by atoms with E-state index in [1.165, 1.54) is 5.56 Å². The average molecular weight is 607 g/mol. The molecule has 1 aliphatic carbocycles. The largest absolute Gasteiger partial charge is 0.464 e. The number of benzene rings is 3. The summed E-state index contributed by atoms with van der Waals surface area (Å²) in [5.74, 6) is 0.991. The molecule has 2 aromatic heterocycles. The maximum absolute atomic E-state index is 13.5. The number of nitrogens with one attached hydrogen (secondary N) is 1. The van der Waals surface area contributed by atoms with Gasteiger partial charge in [0.2, 0.25) is 5.91 Å². The van der Waals surface area contributed by atoms with E-state index in [0.717, 1.165) is 27.6 Å². The SMILES string of the molecule is CCOC(=O)C1(OC(c2cc3cc(CC(=O)N[C@@H](c4ccccc4)c4ccc(C)cc4C)ccc3o2)c2oc(C)nc2C)CC1. The van der Waals surface area contributed by atoms with Crippen LogP contribution in [0.5, 0.6) is 0 Å². The first-order valence-electron chi connectivity index (χ1n) is 15.4. The third-order valence-electron chi connectivity index (χ3n) is 8.27. The molecule has 1 unspecified atom stereocenters. The van der Waals surface area contributed by atoms with Gasteiger partial charge in [-0.3, -0.25) is 4.79 Å². The van der Waals surface area contributed by atoms with Gasteiger partial charge in [-0.2, -0.15) is 0 Å². The van der Waals surface area contributed by atoms with E-state index in [4.69, 9.17) is 18.3 Å². The smallest absolute Gasteiger partial charge is 0.338 e. The monoisotopic (exact) mass is 606 g/mol. The average Bonchev–Trinajstić information content (AvgIpc) is 3.56. The molecule has 8 nitrogen and oxygen atoms in total. The molecule has 8 heteroatoms.